The number of benzene rings is 1. The molecule has 1 saturated heterocycles. The molecule has 1 N–H and O–H groups in total. The Balaban J connectivity index is 1.73. The van der Waals surface area contributed by atoms with Crippen LogP contribution < -0.4 is 5.32 Å². The third kappa shape index (κ3) is 4.34. The van der Waals surface area contributed by atoms with Crippen molar-refractivity contribution in [3.05, 3.63) is 30.3 Å². The number of carbonyl (C=O) groups is 1. The normalized spacial score (nSPS) is 20.4. The summed E-state index contributed by atoms with van der Waals surface area (Å²) in [6, 6.07) is 9.33. The van der Waals surface area contributed by atoms with Crippen molar-refractivity contribution in [2.24, 2.45) is 5.92 Å². The standard InChI is InChI=1S/C15H22N2O2S/c1-13-6-5-10-17(12-13)15(18)16-9-11-20(19)14-7-3-2-4-8-14/h2-4,7-8,13H,5-6,9-12H2,1H3,(H,16,18). The van der Waals surface area contributed by atoms with E-state index in [0.717, 1.165) is 24.4 Å². The molecule has 0 aromatic heterocycles. The first-order valence-corrected chi connectivity index (χ1v) is 8.45. The molecule has 0 aliphatic carbocycles. The van der Waals surface area contributed by atoms with Gasteiger partial charge in [-0.1, -0.05) is 25.1 Å². The van der Waals surface area contributed by atoms with Crippen molar-refractivity contribution in [2.45, 2.75) is 24.7 Å². The maximum Gasteiger partial charge on any atom is 0.317 e. The fourth-order valence-electron chi connectivity index (χ4n) is 2.43. The summed E-state index contributed by atoms with van der Waals surface area (Å²) in [5.74, 6) is 1.03. The molecule has 1 fully saturated rings. The summed E-state index contributed by atoms with van der Waals surface area (Å²) in [7, 11) is -1.04. The molecule has 0 bridgehead atoms. The second kappa shape index (κ2) is 7.43. The Morgan fingerprint density at radius 2 is 2.15 bits per heavy atom. The summed E-state index contributed by atoms with van der Waals surface area (Å²) in [4.78, 5) is 14.7. The minimum Gasteiger partial charge on any atom is -0.337 e. The van der Waals surface area contributed by atoms with E-state index in [1.54, 1.807) is 0 Å². The molecule has 1 heterocycles. The van der Waals surface area contributed by atoms with E-state index >= 15 is 0 Å². The van der Waals surface area contributed by atoms with E-state index in [4.69, 9.17) is 0 Å². The van der Waals surface area contributed by atoms with Crippen molar-refractivity contribution < 1.29 is 9.00 Å². The number of carbonyl (C=O) groups excluding carboxylic acids is 1. The van der Waals surface area contributed by atoms with Gasteiger partial charge in [-0.25, -0.2) is 4.79 Å². The topological polar surface area (TPSA) is 49.4 Å². The van der Waals surface area contributed by atoms with Gasteiger partial charge >= 0.3 is 6.03 Å². The molecule has 0 radical (unpaired) electrons. The molecule has 1 aromatic rings. The van der Waals surface area contributed by atoms with Gasteiger partial charge in [-0.15, -0.1) is 0 Å². The molecule has 0 saturated carbocycles. The summed E-state index contributed by atoms with van der Waals surface area (Å²) in [6.07, 6.45) is 2.27. The Labute approximate surface area is 123 Å². The van der Waals surface area contributed by atoms with Crippen LogP contribution in [0.1, 0.15) is 19.8 Å². The van der Waals surface area contributed by atoms with E-state index in [2.05, 4.69) is 12.2 Å². The number of hydrogen-bond acceptors (Lipinski definition) is 2. The van der Waals surface area contributed by atoms with Gasteiger partial charge in [0, 0.05) is 30.3 Å². The van der Waals surface area contributed by atoms with Crippen LogP contribution in [0.3, 0.4) is 0 Å². The van der Waals surface area contributed by atoms with Crippen molar-refractivity contribution in [1.82, 2.24) is 10.2 Å². The summed E-state index contributed by atoms with van der Waals surface area (Å²) in [6.45, 7) is 4.28. The molecular weight excluding hydrogens is 272 g/mol. The van der Waals surface area contributed by atoms with Gasteiger partial charge in [-0.05, 0) is 30.9 Å². The van der Waals surface area contributed by atoms with Gasteiger partial charge in [0.25, 0.3) is 0 Å². The van der Waals surface area contributed by atoms with Crippen LogP contribution in [0, 0.1) is 5.92 Å². The molecule has 1 aromatic carbocycles. The molecule has 110 valence electrons. The monoisotopic (exact) mass is 294 g/mol. The highest BCUT2D eigenvalue weighted by Gasteiger charge is 2.20. The van der Waals surface area contributed by atoms with E-state index in [0.29, 0.717) is 18.2 Å². The summed E-state index contributed by atoms with van der Waals surface area (Å²) >= 11 is 0. The third-order valence-corrected chi connectivity index (χ3v) is 4.89. The summed E-state index contributed by atoms with van der Waals surface area (Å²) in [5, 5.41) is 2.87. The van der Waals surface area contributed by atoms with Crippen LogP contribution in [-0.2, 0) is 10.8 Å². The number of nitrogens with one attached hydrogen (secondary N) is 1. The number of amides is 2. The molecule has 0 spiro atoms. The maximum absolute atomic E-state index is 12.0. The Morgan fingerprint density at radius 1 is 1.40 bits per heavy atom. The molecule has 5 heteroatoms. The van der Waals surface area contributed by atoms with Crippen LogP contribution in [0.15, 0.2) is 35.2 Å². The average Bonchev–Trinajstić information content (AvgIpc) is 2.48. The maximum atomic E-state index is 12.0. The summed E-state index contributed by atoms with van der Waals surface area (Å²) in [5.41, 5.74) is 0. The van der Waals surface area contributed by atoms with Crippen LogP contribution in [0.25, 0.3) is 0 Å². The molecule has 2 unspecified atom stereocenters. The number of rotatable bonds is 4. The molecule has 1 aliphatic rings. The Kier molecular flexibility index (Phi) is 5.59. The molecule has 2 atom stereocenters. The van der Waals surface area contributed by atoms with Crippen LogP contribution in [0.4, 0.5) is 4.79 Å². The van der Waals surface area contributed by atoms with Gasteiger partial charge in [-0.3, -0.25) is 4.21 Å². The van der Waals surface area contributed by atoms with Gasteiger partial charge in [0.05, 0.1) is 10.8 Å². The van der Waals surface area contributed by atoms with Gasteiger partial charge in [0.1, 0.15) is 0 Å². The zero-order valence-electron chi connectivity index (χ0n) is 11.9. The fraction of sp³-hybridized carbons (Fsp3) is 0.533. The van der Waals surface area contributed by atoms with Crippen molar-refractivity contribution >= 4 is 16.8 Å². The third-order valence-electron chi connectivity index (χ3n) is 3.51. The number of nitrogens with zero attached hydrogens (tertiary/aromatic N) is 1. The summed E-state index contributed by atoms with van der Waals surface area (Å²) < 4.78 is 12.0. The number of piperidine rings is 1. The first-order valence-electron chi connectivity index (χ1n) is 7.13. The number of hydrogen-bond donors (Lipinski definition) is 1. The van der Waals surface area contributed by atoms with Crippen LogP contribution in [0.2, 0.25) is 0 Å². The lowest BCUT2D eigenvalue weighted by molar-refractivity contribution is 0.170. The van der Waals surface area contributed by atoms with Gasteiger partial charge in [-0.2, -0.15) is 0 Å². The predicted molar refractivity (Wildman–Crippen MR) is 81.1 cm³/mol. The number of urea groups is 1. The van der Waals surface area contributed by atoms with E-state index in [1.807, 2.05) is 35.2 Å². The highest BCUT2D eigenvalue weighted by molar-refractivity contribution is 7.85. The molecule has 4 nitrogen and oxygen atoms in total. The van der Waals surface area contributed by atoms with E-state index in [-0.39, 0.29) is 6.03 Å². The van der Waals surface area contributed by atoms with Gasteiger partial charge in [0.2, 0.25) is 0 Å². The largest absolute Gasteiger partial charge is 0.337 e. The Bertz CT molecular complexity index is 464. The Hall–Kier alpha value is -1.36. The highest BCUT2D eigenvalue weighted by atomic mass is 32.2. The number of likely N-dealkylation sites (tertiary alicyclic amines) is 1. The first kappa shape index (κ1) is 15.0. The smallest absolute Gasteiger partial charge is 0.317 e. The molecular formula is C15H22N2O2S. The van der Waals surface area contributed by atoms with E-state index < -0.39 is 10.8 Å². The lowest BCUT2D eigenvalue weighted by Crippen LogP contribution is -2.45. The lowest BCUT2D eigenvalue weighted by Gasteiger charge is -2.30. The highest BCUT2D eigenvalue weighted by Crippen LogP contribution is 2.15. The predicted octanol–water partition coefficient (Wildman–Crippen LogP) is 2.24. The van der Waals surface area contributed by atoms with Gasteiger partial charge < -0.3 is 10.2 Å². The van der Waals surface area contributed by atoms with Crippen LogP contribution >= 0.6 is 0 Å². The van der Waals surface area contributed by atoms with Crippen molar-refractivity contribution in [3.8, 4) is 0 Å². The zero-order valence-corrected chi connectivity index (χ0v) is 12.7. The fourth-order valence-corrected chi connectivity index (χ4v) is 3.41. The quantitative estimate of drug-likeness (QED) is 0.926. The van der Waals surface area contributed by atoms with E-state index in [9.17, 15) is 9.00 Å². The minimum absolute atomic E-state index is 0.0263. The minimum atomic E-state index is -1.04. The van der Waals surface area contributed by atoms with Crippen molar-refractivity contribution in [1.29, 1.82) is 0 Å². The van der Waals surface area contributed by atoms with Crippen LogP contribution in [-0.4, -0.2) is 40.5 Å². The van der Waals surface area contributed by atoms with Gasteiger partial charge in [0.15, 0.2) is 0 Å². The molecule has 2 rings (SSSR count). The molecule has 2 amide bonds. The zero-order chi connectivity index (χ0) is 14.4. The SMILES string of the molecule is CC1CCCN(C(=O)NCCS(=O)c2ccccc2)C1. The second-order valence-corrected chi connectivity index (χ2v) is 6.86. The average molecular weight is 294 g/mol. The van der Waals surface area contributed by atoms with Crippen molar-refractivity contribution in [2.75, 3.05) is 25.4 Å². The lowest BCUT2D eigenvalue weighted by atomic mass is 10.0. The first-order chi connectivity index (χ1) is 9.66. The van der Waals surface area contributed by atoms with E-state index in [1.165, 1.54) is 6.42 Å². The van der Waals surface area contributed by atoms with Crippen LogP contribution in [0.5, 0.6) is 0 Å². The van der Waals surface area contributed by atoms with Crippen molar-refractivity contribution in [3.63, 3.8) is 0 Å². The molecule has 1 aliphatic heterocycles. The molecule has 20 heavy (non-hydrogen) atoms. The second-order valence-electron chi connectivity index (χ2n) is 5.29. The Morgan fingerprint density at radius 3 is 2.85 bits per heavy atom.